The zero-order valence-electron chi connectivity index (χ0n) is 16.1. The van der Waals surface area contributed by atoms with E-state index in [1.807, 2.05) is 48.3 Å². The molecule has 4 nitrogen and oxygen atoms in total. The number of likely N-dealkylation sites (tertiary alicyclic amines) is 1. The van der Waals surface area contributed by atoms with Crippen LogP contribution in [0.4, 0.5) is 5.69 Å². The molecule has 0 atom stereocenters. The summed E-state index contributed by atoms with van der Waals surface area (Å²) in [6, 6.07) is 15.9. The Kier molecular flexibility index (Phi) is 5.49. The monoisotopic (exact) mass is 393 g/mol. The summed E-state index contributed by atoms with van der Waals surface area (Å²) < 4.78 is 0. The van der Waals surface area contributed by atoms with Crippen LogP contribution >= 0.6 is 11.6 Å². The summed E-state index contributed by atoms with van der Waals surface area (Å²) in [5, 5.41) is 1.56. The summed E-state index contributed by atoms with van der Waals surface area (Å²) in [6.45, 7) is 2.33. The third kappa shape index (κ3) is 3.83. The molecular formula is C23H24ClN3O. The van der Waals surface area contributed by atoms with Gasteiger partial charge in [-0.1, -0.05) is 41.9 Å². The third-order valence-corrected chi connectivity index (χ3v) is 5.55. The van der Waals surface area contributed by atoms with Crippen molar-refractivity contribution >= 4 is 34.1 Å². The topological polar surface area (TPSA) is 36.4 Å². The molecule has 0 spiro atoms. The van der Waals surface area contributed by atoms with Crippen molar-refractivity contribution in [2.45, 2.75) is 25.8 Å². The molecule has 2 heterocycles. The molecule has 0 bridgehead atoms. The molecule has 0 unspecified atom stereocenters. The fourth-order valence-corrected chi connectivity index (χ4v) is 4.09. The number of fused-ring (bicyclic) bond motifs is 1. The zero-order valence-corrected chi connectivity index (χ0v) is 16.8. The van der Waals surface area contributed by atoms with Crippen molar-refractivity contribution in [1.82, 2.24) is 9.88 Å². The van der Waals surface area contributed by atoms with E-state index < -0.39 is 0 Å². The number of piperidine rings is 1. The summed E-state index contributed by atoms with van der Waals surface area (Å²) in [5.74, 6) is 0.0592. The van der Waals surface area contributed by atoms with Crippen LogP contribution in [0.25, 0.3) is 10.9 Å². The largest absolute Gasteiger partial charge is 0.369 e. The second-order valence-corrected chi connectivity index (χ2v) is 7.81. The average molecular weight is 394 g/mol. The Morgan fingerprint density at radius 1 is 1.11 bits per heavy atom. The van der Waals surface area contributed by atoms with E-state index in [2.05, 4.69) is 22.0 Å². The van der Waals surface area contributed by atoms with E-state index in [1.54, 1.807) is 6.20 Å². The van der Waals surface area contributed by atoms with Gasteiger partial charge in [-0.2, -0.15) is 0 Å². The number of nitrogens with zero attached hydrogens (tertiary/aromatic N) is 3. The minimum absolute atomic E-state index is 0.0592. The van der Waals surface area contributed by atoms with Crippen LogP contribution in [0, 0.1) is 0 Å². The number of aromatic nitrogens is 1. The molecule has 0 N–H and O–H groups in total. The molecule has 0 aliphatic carbocycles. The Bertz CT molecular complexity index is 984. The number of benzene rings is 2. The van der Waals surface area contributed by atoms with Gasteiger partial charge in [-0.3, -0.25) is 9.78 Å². The van der Waals surface area contributed by atoms with Gasteiger partial charge in [0.05, 0.1) is 16.8 Å². The van der Waals surface area contributed by atoms with Crippen molar-refractivity contribution in [3.63, 3.8) is 0 Å². The minimum atomic E-state index is 0.0592. The minimum Gasteiger partial charge on any atom is -0.369 e. The van der Waals surface area contributed by atoms with Gasteiger partial charge in [0.25, 0.3) is 5.91 Å². The van der Waals surface area contributed by atoms with Gasteiger partial charge in [0, 0.05) is 43.3 Å². The lowest BCUT2D eigenvalue weighted by molar-refractivity contribution is 0.0724. The Morgan fingerprint density at radius 3 is 2.61 bits per heavy atom. The predicted molar refractivity (Wildman–Crippen MR) is 115 cm³/mol. The molecular weight excluding hydrogens is 370 g/mol. The lowest BCUT2D eigenvalue weighted by atomic mass is 10.0. The second kappa shape index (κ2) is 8.19. The predicted octanol–water partition coefficient (Wildman–Crippen LogP) is 5.15. The van der Waals surface area contributed by atoms with Gasteiger partial charge in [0.1, 0.15) is 0 Å². The molecule has 1 aliphatic rings. The highest BCUT2D eigenvalue weighted by atomic mass is 35.5. The third-order valence-electron chi connectivity index (χ3n) is 5.32. The Hall–Kier alpha value is -2.59. The van der Waals surface area contributed by atoms with Gasteiger partial charge in [-0.15, -0.1) is 0 Å². The fraction of sp³-hybridized carbons (Fsp3) is 0.304. The van der Waals surface area contributed by atoms with Gasteiger partial charge < -0.3 is 9.80 Å². The first kappa shape index (κ1) is 18.8. The second-order valence-electron chi connectivity index (χ2n) is 7.38. The van der Waals surface area contributed by atoms with Crippen molar-refractivity contribution in [1.29, 1.82) is 0 Å². The first-order valence-corrected chi connectivity index (χ1v) is 10.1. The standard InChI is InChI=1S/C23H24ClN3O/c1-26(16-17-8-4-2-5-9-17)22-19-14-18(24)10-11-21(19)25-15-20(22)23(28)27-12-6-3-7-13-27/h2,4-5,8-11,14-15H,3,6-7,12-13,16H2,1H3. The first-order chi connectivity index (χ1) is 13.6. The number of rotatable bonds is 4. The first-order valence-electron chi connectivity index (χ1n) is 9.76. The lowest BCUT2D eigenvalue weighted by Gasteiger charge is -2.30. The van der Waals surface area contributed by atoms with Gasteiger partial charge in [-0.05, 0) is 43.0 Å². The number of anilines is 1. The number of carbonyl (C=O) groups is 1. The van der Waals surface area contributed by atoms with Crippen molar-refractivity contribution in [3.8, 4) is 0 Å². The molecule has 2 aromatic carbocycles. The van der Waals surface area contributed by atoms with Crippen LogP contribution in [0.15, 0.2) is 54.7 Å². The van der Waals surface area contributed by atoms with Gasteiger partial charge in [-0.25, -0.2) is 0 Å². The highest BCUT2D eigenvalue weighted by Crippen LogP contribution is 2.33. The summed E-state index contributed by atoms with van der Waals surface area (Å²) in [4.78, 5) is 22.0. The van der Waals surface area contributed by atoms with Crippen molar-refractivity contribution in [3.05, 3.63) is 70.9 Å². The number of pyridine rings is 1. The van der Waals surface area contributed by atoms with Crippen LogP contribution in [-0.4, -0.2) is 35.9 Å². The molecule has 1 aliphatic heterocycles. The number of hydrogen-bond donors (Lipinski definition) is 0. The fourth-order valence-electron chi connectivity index (χ4n) is 3.92. The quantitative estimate of drug-likeness (QED) is 0.615. The maximum atomic E-state index is 13.3. The molecule has 144 valence electrons. The highest BCUT2D eigenvalue weighted by Gasteiger charge is 2.24. The van der Waals surface area contributed by atoms with Crippen LogP contribution in [0.2, 0.25) is 5.02 Å². The van der Waals surface area contributed by atoms with Crippen molar-refractivity contribution < 1.29 is 4.79 Å². The molecule has 28 heavy (non-hydrogen) atoms. The number of amides is 1. The van der Waals surface area contributed by atoms with Gasteiger partial charge in [0.15, 0.2) is 0 Å². The summed E-state index contributed by atoms with van der Waals surface area (Å²) in [7, 11) is 2.02. The molecule has 5 heteroatoms. The number of hydrogen-bond acceptors (Lipinski definition) is 3. The van der Waals surface area contributed by atoms with E-state index in [0.717, 1.165) is 42.5 Å². The van der Waals surface area contributed by atoms with E-state index in [0.29, 0.717) is 17.1 Å². The Morgan fingerprint density at radius 2 is 1.86 bits per heavy atom. The molecule has 0 saturated carbocycles. The molecule has 4 rings (SSSR count). The van der Waals surface area contributed by atoms with Crippen LogP contribution in [0.5, 0.6) is 0 Å². The highest BCUT2D eigenvalue weighted by molar-refractivity contribution is 6.31. The Labute approximate surface area is 170 Å². The summed E-state index contributed by atoms with van der Waals surface area (Å²) in [6.07, 6.45) is 5.04. The number of carbonyl (C=O) groups excluding carboxylic acids is 1. The lowest BCUT2D eigenvalue weighted by Crippen LogP contribution is -2.36. The number of halogens is 1. The molecule has 1 aromatic heterocycles. The van der Waals surface area contributed by atoms with E-state index in [-0.39, 0.29) is 5.91 Å². The molecule has 0 radical (unpaired) electrons. The van der Waals surface area contributed by atoms with Crippen molar-refractivity contribution in [2.24, 2.45) is 0 Å². The SMILES string of the molecule is CN(Cc1ccccc1)c1c(C(=O)N2CCCCC2)cnc2ccc(Cl)cc12. The van der Waals surface area contributed by atoms with Crippen LogP contribution < -0.4 is 4.90 Å². The Balaban J connectivity index is 1.80. The van der Waals surface area contributed by atoms with Crippen LogP contribution in [0.3, 0.4) is 0 Å². The maximum Gasteiger partial charge on any atom is 0.257 e. The van der Waals surface area contributed by atoms with Crippen LogP contribution in [-0.2, 0) is 6.54 Å². The summed E-state index contributed by atoms with van der Waals surface area (Å²) in [5.41, 5.74) is 3.57. The van der Waals surface area contributed by atoms with E-state index in [1.165, 1.54) is 12.0 Å². The van der Waals surface area contributed by atoms with Crippen molar-refractivity contribution in [2.75, 3.05) is 25.0 Å². The zero-order chi connectivity index (χ0) is 19.5. The molecule has 1 fully saturated rings. The summed E-state index contributed by atoms with van der Waals surface area (Å²) >= 11 is 6.29. The van der Waals surface area contributed by atoms with E-state index in [9.17, 15) is 4.79 Å². The molecule has 3 aromatic rings. The molecule has 1 amide bonds. The van der Waals surface area contributed by atoms with Crippen LogP contribution in [0.1, 0.15) is 35.2 Å². The smallest absolute Gasteiger partial charge is 0.257 e. The van der Waals surface area contributed by atoms with E-state index >= 15 is 0 Å². The average Bonchev–Trinajstić information content (AvgIpc) is 2.73. The van der Waals surface area contributed by atoms with E-state index in [4.69, 9.17) is 11.6 Å². The van der Waals surface area contributed by atoms with Gasteiger partial charge in [0.2, 0.25) is 0 Å². The normalized spacial score (nSPS) is 14.3. The van der Waals surface area contributed by atoms with Gasteiger partial charge >= 0.3 is 0 Å². The molecule has 1 saturated heterocycles. The maximum absolute atomic E-state index is 13.3.